The zero-order chi connectivity index (χ0) is 26.4. The molecule has 0 saturated heterocycles. The minimum absolute atomic E-state index is 0.141. The molecule has 184 valence electrons. The summed E-state index contributed by atoms with van der Waals surface area (Å²) in [4.78, 5) is 42.3. The number of aromatic nitrogens is 1. The summed E-state index contributed by atoms with van der Waals surface area (Å²) in [5.74, 6) is -1.16. The van der Waals surface area contributed by atoms with Crippen molar-refractivity contribution in [2.75, 3.05) is 4.90 Å². The van der Waals surface area contributed by atoms with Gasteiger partial charge in [-0.05, 0) is 63.1 Å². The third kappa shape index (κ3) is 3.21. The van der Waals surface area contributed by atoms with Gasteiger partial charge in [-0.15, -0.1) is 0 Å². The van der Waals surface area contributed by atoms with Crippen molar-refractivity contribution in [3.8, 4) is 16.8 Å². The Morgan fingerprint density at radius 3 is 2.41 bits per heavy atom. The second-order valence-electron chi connectivity index (χ2n) is 9.87. The monoisotopic (exact) mass is 544 g/mol. The molecule has 8 heteroatoms. The average Bonchev–Trinajstić information content (AvgIpc) is 3.36. The Morgan fingerprint density at radius 1 is 1.00 bits per heavy atom. The maximum absolute atomic E-state index is 13.5. The van der Waals surface area contributed by atoms with E-state index in [4.69, 9.17) is 23.8 Å². The summed E-state index contributed by atoms with van der Waals surface area (Å²) in [6.07, 6.45) is 0. The normalized spacial score (nSPS) is 15.1. The summed E-state index contributed by atoms with van der Waals surface area (Å²) in [6.45, 7) is 7.66. The molecule has 2 aliphatic heterocycles. The molecular weight excluding hydrogens is 524 g/mol. The second kappa shape index (κ2) is 8.05. The van der Waals surface area contributed by atoms with Crippen LogP contribution < -0.4 is 4.90 Å². The summed E-state index contributed by atoms with van der Waals surface area (Å²) < 4.78 is 2.36. The highest BCUT2D eigenvalue weighted by atomic mass is 35.5. The molecule has 0 unspecified atom stereocenters. The Bertz CT molecular complexity index is 1770. The molecule has 2 aliphatic rings. The minimum atomic E-state index is -0.826. The van der Waals surface area contributed by atoms with Gasteiger partial charge in [-0.1, -0.05) is 65.7 Å². The largest absolute Gasteiger partial charge is 0.300 e. The Kier molecular flexibility index (Phi) is 5.22. The topological polar surface area (TPSA) is 59.4 Å². The first-order chi connectivity index (χ1) is 17.5. The van der Waals surface area contributed by atoms with Gasteiger partial charge in [0.15, 0.2) is 5.78 Å². The first-order valence-electron chi connectivity index (χ1n) is 11.7. The van der Waals surface area contributed by atoms with Gasteiger partial charge in [-0.25, -0.2) is 0 Å². The smallest absolute Gasteiger partial charge is 0.294 e. The van der Waals surface area contributed by atoms with Crippen LogP contribution in [0.1, 0.15) is 56.1 Å². The summed E-state index contributed by atoms with van der Waals surface area (Å²) in [6, 6.07) is 16.2. The molecule has 0 fully saturated rings. The zero-order valence-electron chi connectivity index (χ0n) is 20.5. The van der Waals surface area contributed by atoms with Crippen molar-refractivity contribution in [2.45, 2.75) is 33.2 Å². The van der Waals surface area contributed by atoms with Gasteiger partial charge < -0.3 is 0 Å². The Hall–Kier alpha value is -3.39. The van der Waals surface area contributed by atoms with Crippen LogP contribution >= 0.6 is 35.4 Å². The SMILES string of the molecule is Cc1cc2c3c(c1C)C(=O)C(=O)N3C(C)(C)c1sn(-c3cc(Cl)ccc3C(=O)c3ccccc3)c(=S)c1-2. The minimum Gasteiger partial charge on any atom is -0.294 e. The Labute approximate surface area is 228 Å². The molecule has 0 bridgehead atoms. The number of halogens is 1. The van der Waals surface area contributed by atoms with E-state index in [1.807, 2.05) is 55.9 Å². The standard InChI is InChI=1S/C29H21ClN2O3S2/c1-14-12-19-22-26(29(3,4)31-23(19)21(15(14)2)25(34)27(31)35)37-32(28(22)36)20-13-17(30)10-11-18(20)24(33)16-8-6-5-7-9-16/h5-13H,1-4H3. The van der Waals surface area contributed by atoms with Gasteiger partial charge in [-0.3, -0.25) is 23.2 Å². The van der Waals surface area contributed by atoms with Crippen LogP contribution in [0.15, 0.2) is 54.6 Å². The van der Waals surface area contributed by atoms with Crippen molar-refractivity contribution < 1.29 is 14.4 Å². The van der Waals surface area contributed by atoms with Gasteiger partial charge in [0.25, 0.3) is 11.7 Å². The predicted molar refractivity (Wildman–Crippen MR) is 149 cm³/mol. The van der Waals surface area contributed by atoms with E-state index in [9.17, 15) is 14.4 Å². The van der Waals surface area contributed by atoms with Crippen molar-refractivity contribution in [3.63, 3.8) is 0 Å². The number of ketones is 2. The summed E-state index contributed by atoms with van der Waals surface area (Å²) in [5, 5.41) is 0.477. The van der Waals surface area contributed by atoms with Gasteiger partial charge in [-0.2, -0.15) is 0 Å². The number of amides is 1. The van der Waals surface area contributed by atoms with Gasteiger partial charge in [0.05, 0.1) is 27.4 Å². The lowest BCUT2D eigenvalue weighted by Gasteiger charge is -2.40. The third-order valence-electron chi connectivity index (χ3n) is 7.32. The van der Waals surface area contributed by atoms with E-state index >= 15 is 0 Å². The number of carbonyl (C=O) groups excluding carboxylic acids is 3. The molecule has 0 atom stereocenters. The highest BCUT2D eigenvalue weighted by Crippen LogP contribution is 2.55. The fourth-order valence-corrected chi connectivity index (χ4v) is 7.22. The Balaban J connectivity index is 1.66. The Morgan fingerprint density at radius 2 is 1.70 bits per heavy atom. The molecule has 0 N–H and O–H groups in total. The molecule has 4 aromatic rings. The molecule has 0 saturated carbocycles. The van der Waals surface area contributed by atoms with E-state index in [1.165, 1.54) is 11.5 Å². The van der Waals surface area contributed by atoms with Crippen molar-refractivity contribution >= 4 is 58.5 Å². The third-order valence-corrected chi connectivity index (χ3v) is 9.50. The fraction of sp³-hybridized carbons (Fsp3) is 0.172. The molecule has 0 spiro atoms. The zero-order valence-corrected chi connectivity index (χ0v) is 22.9. The van der Waals surface area contributed by atoms with Gasteiger partial charge in [0.1, 0.15) is 4.64 Å². The summed E-state index contributed by atoms with van der Waals surface area (Å²) in [5.41, 5.74) is 5.16. The number of aryl methyl sites for hydroxylation is 1. The van der Waals surface area contributed by atoms with Crippen molar-refractivity contribution in [1.82, 2.24) is 3.96 Å². The van der Waals surface area contributed by atoms with E-state index in [0.29, 0.717) is 37.7 Å². The van der Waals surface area contributed by atoms with E-state index in [0.717, 1.165) is 27.1 Å². The van der Waals surface area contributed by atoms with E-state index in [-0.39, 0.29) is 5.78 Å². The molecule has 5 nitrogen and oxygen atoms in total. The molecule has 3 heterocycles. The number of hydrogen-bond acceptors (Lipinski definition) is 5. The lowest BCUT2D eigenvalue weighted by Crippen LogP contribution is -2.46. The van der Waals surface area contributed by atoms with E-state index in [1.54, 1.807) is 35.2 Å². The quantitative estimate of drug-likeness (QED) is 0.155. The maximum atomic E-state index is 13.5. The van der Waals surface area contributed by atoms with E-state index in [2.05, 4.69) is 0 Å². The van der Waals surface area contributed by atoms with Gasteiger partial charge in [0.2, 0.25) is 0 Å². The highest BCUT2D eigenvalue weighted by Gasteiger charge is 2.52. The number of rotatable bonds is 3. The van der Waals surface area contributed by atoms with Crippen LogP contribution in [0.2, 0.25) is 5.02 Å². The second-order valence-corrected chi connectivity index (χ2v) is 11.6. The number of benzene rings is 3. The van der Waals surface area contributed by atoms with Crippen LogP contribution in [0.3, 0.4) is 0 Å². The maximum Gasteiger partial charge on any atom is 0.300 e. The number of nitrogens with zero attached hydrogens (tertiary/aromatic N) is 2. The predicted octanol–water partition coefficient (Wildman–Crippen LogP) is 7.21. The van der Waals surface area contributed by atoms with Crippen molar-refractivity contribution in [2.24, 2.45) is 0 Å². The molecule has 3 aromatic carbocycles. The number of hydrogen-bond donors (Lipinski definition) is 0. The molecule has 6 rings (SSSR count). The molecule has 0 radical (unpaired) electrons. The average molecular weight is 545 g/mol. The van der Waals surface area contributed by atoms with Crippen LogP contribution in [0, 0.1) is 18.5 Å². The van der Waals surface area contributed by atoms with Crippen LogP contribution in [-0.2, 0) is 10.3 Å². The lowest BCUT2D eigenvalue weighted by atomic mass is 9.85. The van der Waals surface area contributed by atoms with Crippen LogP contribution in [0.5, 0.6) is 0 Å². The van der Waals surface area contributed by atoms with Crippen molar-refractivity contribution in [1.29, 1.82) is 0 Å². The number of carbonyl (C=O) groups is 3. The molecular formula is C29H21ClN2O3S2. The number of Topliss-reactive ketones (excluding diaryl/α,β-unsaturated/α-hetero) is 1. The van der Waals surface area contributed by atoms with Gasteiger partial charge >= 0.3 is 0 Å². The molecule has 37 heavy (non-hydrogen) atoms. The molecule has 0 aliphatic carbocycles. The summed E-state index contributed by atoms with van der Waals surface area (Å²) in [7, 11) is 0. The highest BCUT2D eigenvalue weighted by molar-refractivity contribution is 7.71. The fourth-order valence-electron chi connectivity index (χ4n) is 5.35. The number of anilines is 1. The molecule has 1 amide bonds. The first kappa shape index (κ1) is 24.0. The number of fused-ring (bicyclic) bond motifs is 2. The molecule has 1 aromatic heterocycles. The first-order valence-corrected chi connectivity index (χ1v) is 13.3. The van der Waals surface area contributed by atoms with Crippen LogP contribution in [0.25, 0.3) is 16.8 Å². The van der Waals surface area contributed by atoms with Crippen LogP contribution in [-0.4, -0.2) is 21.4 Å². The van der Waals surface area contributed by atoms with E-state index < -0.39 is 17.2 Å². The lowest BCUT2D eigenvalue weighted by molar-refractivity contribution is -0.115. The van der Waals surface area contributed by atoms with Gasteiger partial charge in [0, 0.05) is 27.3 Å². The van der Waals surface area contributed by atoms with Crippen molar-refractivity contribution in [3.05, 3.63) is 97.0 Å². The summed E-state index contributed by atoms with van der Waals surface area (Å²) >= 11 is 13.8. The van der Waals surface area contributed by atoms with Crippen LogP contribution in [0.4, 0.5) is 5.69 Å².